The van der Waals surface area contributed by atoms with Crippen LogP contribution in [0.3, 0.4) is 0 Å². The van der Waals surface area contributed by atoms with Crippen molar-refractivity contribution in [1.29, 1.82) is 0 Å². The third-order valence-electron chi connectivity index (χ3n) is 6.73. The Hall–Kier alpha value is -2.58. The molecule has 2 aliphatic rings. The van der Waals surface area contributed by atoms with Gasteiger partial charge in [0.1, 0.15) is 17.1 Å². The van der Waals surface area contributed by atoms with Crippen LogP contribution in [0.1, 0.15) is 30.4 Å². The van der Waals surface area contributed by atoms with Gasteiger partial charge >= 0.3 is 6.01 Å². The van der Waals surface area contributed by atoms with E-state index < -0.39 is 5.60 Å². The van der Waals surface area contributed by atoms with E-state index in [1.165, 1.54) is 7.11 Å². The van der Waals surface area contributed by atoms with Crippen LogP contribution in [-0.4, -0.2) is 61.5 Å². The Morgan fingerprint density at radius 2 is 1.77 bits per heavy atom. The van der Waals surface area contributed by atoms with E-state index in [1.807, 2.05) is 12.1 Å². The quantitative estimate of drug-likeness (QED) is 0.719. The fourth-order valence-electron chi connectivity index (χ4n) is 5.21. The standard InChI is InChI=1S/C23H31N3O5/c1-28-18-9-8-15(20(10-18)29-2)12-26-13-16-6-5-7-17(14-26)23(16,27)19-11-24-22(31-4)25-21(19)30-3/h8-11,16-17,27H,5-7,12-14H2,1-4H3/t16-,17+,23?. The van der Waals surface area contributed by atoms with Crippen molar-refractivity contribution in [3.63, 3.8) is 0 Å². The smallest absolute Gasteiger partial charge is 0.319 e. The normalized spacial score (nSPS) is 25.7. The van der Waals surface area contributed by atoms with E-state index in [9.17, 15) is 5.11 Å². The number of piperidine rings is 1. The molecule has 0 radical (unpaired) electrons. The molecule has 3 atom stereocenters. The van der Waals surface area contributed by atoms with Crippen LogP contribution < -0.4 is 18.9 Å². The van der Waals surface area contributed by atoms with E-state index in [-0.39, 0.29) is 17.8 Å². The lowest BCUT2D eigenvalue weighted by Gasteiger charge is -2.53. The number of likely N-dealkylation sites (tertiary alicyclic amines) is 1. The maximum absolute atomic E-state index is 12.0. The number of ether oxygens (including phenoxy) is 4. The highest BCUT2D eigenvalue weighted by atomic mass is 16.5. The van der Waals surface area contributed by atoms with E-state index in [2.05, 4.69) is 20.9 Å². The summed E-state index contributed by atoms with van der Waals surface area (Å²) in [7, 11) is 6.41. The summed E-state index contributed by atoms with van der Waals surface area (Å²) in [4.78, 5) is 11.0. The first-order valence-corrected chi connectivity index (χ1v) is 10.6. The zero-order chi connectivity index (χ0) is 22.0. The number of hydrogen-bond acceptors (Lipinski definition) is 8. The molecular formula is C23H31N3O5. The van der Waals surface area contributed by atoms with Crippen molar-refractivity contribution in [1.82, 2.24) is 14.9 Å². The van der Waals surface area contributed by atoms with Crippen molar-refractivity contribution in [3.05, 3.63) is 35.5 Å². The molecule has 8 nitrogen and oxygen atoms in total. The molecule has 2 fully saturated rings. The first-order chi connectivity index (χ1) is 15.0. The lowest BCUT2D eigenvalue weighted by atomic mass is 9.63. The summed E-state index contributed by atoms with van der Waals surface area (Å²) in [5.41, 5.74) is 0.750. The molecule has 1 aliphatic carbocycles. The van der Waals surface area contributed by atoms with Crippen molar-refractivity contribution in [2.45, 2.75) is 31.4 Å². The lowest BCUT2D eigenvalue weighted by molar-refractivity contribution is -0.149. The van der Waals surface area contributed by atoms with Crippen LogP contribution in [0.15, 0.2) is 24.4 Å². The van der Waals surface area contributed by atoms with Gasteiger partial charge in [-0.2, -0.15) is 4.98 Å². The van der Waals surface area contributed by atoms with Gasteiger partial charge < -0.3 is 24.1 Å². The summed E-state index contributed by atoms with van der Waals surface area (Å²) in [6, 6.07) is 6.15. The first kappa shape index (κ1) is 21.6. The molecule has 168 valence electrons. The zero-order valence-electron chi connectivity index (χ0n) is 18.6. The third-order valence-corrected chi connectivity index (χ3v) is 6.73. The highest BCUT2D eigenvalue weighted by Gasteiger charge is 2.53. The Bertz CT molecular complexity index is 908. The fourth-order valence-corrected chi connectivity index (χ4v) is 5.21. The Morgan fingerprint density at radius 3 is 2.39 bits per heavy atom. The van der Waals surface area contributed by atoms with Gasteiger partial charge in [0.15, 0.2) is 0 Å². The second kappa shape index (κ2) is 8.88. The van der Waals surface area contributed by atoms with Crippen molar-refractivity contribution < 1.29 is 24.1 Å². The van der Waals surface area contributed by atoms with E-state index in [0.717, 1.165) is 56.0 Å². The fraction of sp³-hybridized carbons (Fsp3) is 0.565. The number of aliphatic hydroxyl groups is 1. The van der Waals surface area contributed by atoms with Gasteiger partial charge in [-0.15, -0.1) is 0 Å². The minimum absolute atomic E-state index is 0.0649. The summed E-state index contributed by atoms with van der Waals surface area (Å²) >= 11 is 0. The van der Waals surface area contributed by atoms with Gasteiger partial charge in [0, 0.05) is 49.3 Å². The average molecular weight is 430 g/mol. The Labute approximate surface area is 183 Å². The number of hydrogen-bond donors (Lipinski definition) is 1. The monoisotopic (exact) mass is 429 g/mol. The molecular weight excluding hydrogens is 398 g/mol. The second-order valence-corrected chi connectivity index (χ2v) is 8.30. The predicted molar refractivity (Wildman–Crippen MR) is 115 cm³/mol. The Morgan fingerprint density at radius 1 is 1.03 bits per heavy atom. The van der Waals surface area contributed by atoms with Gasteiger partial charge in [-0.1, -0.05) is 12.5 Å². The summed E-state index contributed by atoms with van der Waals surface area (Å²) in [6.07, 6.45) is 4.66. The number of nitrogens with zero attached hydrogens (tertiary/aromatic N) is 3. The molecule has 31 heavy (non-hydrogen) atoms. The van der Waals surface area contributed by atoms with Crippen molar-refractivity contribution in [2.24, 2.45) is 11.8 Å². The van der Waals surface area contributed by atoms with Crippen LogP contribution in [0.5, 0.6) is 23.4 Å². The molecule has 1 aromatic carbocycles. The van der Waals surface area contributed by atoms with Gasteiger partial charge in [-0.05, 0) is 18.9 Å². The molecule has 1 unspecified atom stereocenters. The van der Waals surface area contributed by atoms with Crippen molar-refractivity contribution >= 4 is 0 Å². The van der Waals surface area contributed by atoms with E-state index in [1.54, 1.807) is 27.5 Å². The minimum atomic E-state index is -1.02. The minimum Gasteiger partial charge on any atom is -0.497 e. The van der Waals surface area contributed by atoms with Crippen LogP contribution in [0.2, 0.25) is 0 Å². The number of methoxy groups -OCH3 is 4. The molecule has 8 heteroatoms. The van der Waals surface area contributed by atoms with Crippen LogP contribution in [0.4, 0.5) is 0 Å². The molecule has 1 saturated heterocycles. The van der Waals surface area contributed by atoms with Gasteiger partial charge in [0.05, 0.1) is 34.0 Å². The van der Waals surface area contributed by atoms with Gasteiger partial charge in [0.25, 0.3) is 0 Å². The number of rotatable bonds is 7. The average Bonchev–Trinajstić information content (AvgIpc) is 2.79. The molecule has 1 N–H and O–H groups in total. The molecule has 2 heterocycles. The molecule has 2 bridgehead atoms. The molecule has 4 rings (SSSR count). The van der Waals surface area contributed by atoms with Crippen molar-refractivity contribution in [2.75, 3.05) is 41.5 Å². The van der Waals surface area contributed by atoms with Gasteiger partial charge in [-0.3, -0.25) is 4.90 Å². The van der Waals surface area contributed by atoms with Gasteiger partial charge in [-0.25, -0.2) is 4.98 Å². The van der Waals surface area contributed by atoms with Crippen LogP contribution in [0.25, 0.3) is 0 Å². The summed E-state index contributed by atoms with van der Waals surface area (Å²) in [6.45, 7) is 2.31. The third kappa shape index (κ3) is 3.90. The number of fused-ring (bicyclic) bond motifs is 2. The molecule has 1 saturated carbocycles. The zero-order valence-corrected chi connectivity index (χ0v) is 18.6. The number of benzene rings is 1. The van der Waals surface area contributed by atoms with E-state index in [0.29, 0.717) is 11.4 Å². The summed E-state index contributed by atoms with van der Waals surface area (Å²) < 4.78 is 21.6. The van der Waals surface area contributed by atoms with E-state index >= 15 is 0 Å². The first-order valence-electron chi connectivity index (χ1n) is 10.6. The Balaban J connectivity index is 1.60. The highest BCUT2D eigenvalue weighted by Crippen LogP contribution is 2.51. The van der Waals surface area contributed by atoms with Crippen LogP contribution in [0, 0.1) is 11.8 Å². The molecule has 1 aliphatic heterocycles. The van der Waals surface area contributed by atoms with Crippen LogP contribution >= 0.6 is 0 Å². The maximum atomic E-state index is 12.0. The molecule has 0 spiro atoms. The number of aromatic nitrogens is 2. The Kier molecular flexibility index (Phi) is 6.20. The summed E-state index contributed by atoms with van der Waals surface area (Å²) in [5, 5.41) is 12.0. The molecule has 0 amide bonds. The largest absolute Gasteiger partial charge is 0.497 e. The topological polar surface area (TPSA) is 86.2 Å². The van der Waals surface area contributed by atoms with E-state index in [4.69, 9.17) is 18.9 Å². The molecule has 2 aromatic rings. The molecule has 1 aromatic heterocycles. The lowest BCUT2D eigenvalue weighted by Crippen LogP contribution is -2.58. The SMILES string of the molecule is COc1ccc(CN2C[C@H]3CCC[C@@H](C2)C3(O)c2cnc(OC)nc2OC)c(OC)c1. The van der Waals surface area contributed by atoms with Crippen molar-refractivity contribution in [3.8, 4) is 23.4 Å². The predicted octanol–water partition coefficient (Wildman–Crippen LogP) is 2.63. The highest BCUT2D eigenvalue weighted by molar-refractivity contribution is 5.41. The second-order valence-electron chi connectivity index (χ2n) is 8.30. The van der Waals surface area contributed by atoms with Crippen LogP contribution in [-0.2, 0) is 12.1 Å². The summed E-state index contributed by atoms with van der Waals surface area (Å²) in [5.74, 6) is 2.11. The maximum Gasteiger partial charge on any atom is 0.319 e. The van der Waals surface area contributed by atoms with Gasteiger partial charge in [0.2, 0.25) is 5.88 Å².